The molecule has 6 heteroatoms. The number of esters is 1. The van der Waals surface area contributed by atoms with Gasteiger partial charge in [-0.3, -0.25) is 9.59 Å². The Morgan fingerprint density at radius 1 is 0.354 bits per heavy atom. The third-order valence-electron chi connectivity index (χ3n) is 17.0. The minimum atomic E-state index is -0.660. The van der Waals surface area contributed by atoms with Gasteiger partial charge in [0.05, 0.1) is 25.4 Å². The lowest BCUT2D eigenvalue weighted by Gasteiger charge is -2.22. The summed E-state index contributed by atoms with van der Waals surface area (Å²) in [6.45, 7) is 4.96. The summed E-state index contributed by atoms with van der Waals surface area (Å²) in [7, 11) is 0. The SMILES string of the molecule is CCCCC/C=C\C/C=C\CCCCCCCC(=O)OCCCCCCCCCCCCCCCCCCCCCCCCCCCCCCCCCCC(=O)NC(CO)C(O)CCCCCCCCCCCCCCCCC. The molecule has 1 amide bonds. The van der Waals surface area contributed by atoms with Gasteiger partial charge in [0, 0.05) is 12.8 Å². The Labute approximate surface area is 494 Å². The molecule has 468 valence electrons. The summed E-state index contributed by atoms with van der Waals surface area (Å²) >= 11 is 0. The molecule has 2 atom stereocenters. The van der Waals surface area contributed by atoms with Crippen molar-refractivity contribution in [2.24, 2.45) is 0 Å². The van der Waals surface area contributed by atoms with Crippen molar-refractivity contribution in [2.45, 2.75) is 418 Å². The van der Waals surface area contributed by atoms with E-state index >= 15 is 0 Å². The minimum absolute atomic E-state index is 0.00776. The van der Waals surface area contributed by atoms with Gasteiger partial charge >= 0.3 is 5.97 Å². The van der Waals surface area contributed by atoms with Crippen LogP contribution in [0.5, 0.6) is 0 Å². The monoisotopic (exact) mass is 1110 g/mol. The summed E-state index contributed by atoms with van der Waals surface area (Å²) in [5.41, 5.74) is 0. The second-order valence-corrected chi connectivity index (χ2v) is 24.9. The van der Waals surface area contributed by atoms with Gasteiger partial charge < -0.3 is 20.3 Å². The summed E-state index contributed by atoms with van der Waals surface area (Å²) in [4.78, 5) is 24.6. The Hall–Kier alpha value is -1.66. The summed E-state index contributed by atoms with van der Waals surface area (Å²) < 4.78 is 5.49. The molecule has 0 spiro atoms. The first-order chi connectivity index (χ1) is 39.0. The summed E-state index contributed by atoms with van der Waals surface area (Å²) in [6.07, 6.45) is 86.7. The Morgan fingerprint density at radius 2 is 0.633 bits per heavy atom. The van der Waals surface area contributed by atoms with E-state index in [-0.39, 0.29) is 18.5 Å². The van der Waals surface area contributed by atoms with Crippen molar-refractivity contribution in [3.05, 3.63) is 24.3 Å². The van der Waals surface area contributed by atoms with Crippen LogP contribution in [-0.2, 0) is 14.3 Å². The molecule has 0 aliphatic heterocycles. The normalized spacial score (nSPS) is 12.6. The van der Waals surface area contributed by atoms with E-state index in [1.54, 1.807) is 0 Å². The van der Waals surface area contributed by atoms with E-state index in [9.17, 15) is 19.8 Å². The van der Waals surface area contributed by atoms with Crippen molar-refractivity contribution in [1.29, 1.82) is 0 Å². The largest absolute Gasteiger partial charge is 0.466 e. The predicted octanol–water partition coefficient (Wildman–Crippen LogP) is 23.3. The first-order valence-electron chi connectivity index (χ1n) is 36.1. The van der Waals surface area contributed by atoms with Gasteiger partial charge in [0.1, 0.15) is 0 Å². The molecule has 79 heavy (non-hydrogen) atoms. The van der Waals surface area contributed by atoms with E-state index in [2.05, 4.69) is 43.5 Å². The second kappa shape index (κ2) is 68.8. The fourth-order valence-corrected chi connectivity index (χ4v) is 11.5. The number of hydrogen-bond donors (Lipinski definition) is 3. The molecule has 0 saturated carbocycles. The van der Waals surface area contributed by atoms with E-state index in [1.165, 1.54) is 321 Å². The average Bonchev–Trinajstić information content (AvgIpc) is 3.45. The average molecular weight is 1110 g/mol. The van der Waals surface area contributed by atoms with Crippen LogP contribution in [0.15, 0.2) is 24.3 Å². The van der Waals surface area contributed by atoms with Crippen molar-refractivity contribution >= 4 is 11.9 Å². The lowest BCUT2D eigenvalue weighted by atomic mass is 10.0. The zero-order valence-corrected chi connectivity index (χ0v) is 53.6. The molecule has 0 aromatic rings. The molecule has 0 heterocycles. The van der Waals surface area contributed by atoms with E-state index in [0.717, 1.165) is 51.4 Å². The molecule has 0 radical (unpaired) electrons. The maximum absolute atomic E-state index is 12.5. The first kappa shape index (κ1) is 77.3. The van der Waals surface area contributed by atoms with Crippen LogP contribution < -0.4 is 5.32 Å². The number of aliphatic hydroxyl groups excluding tert-OH is 2. The Bertz CT molecular complexity index is 1230. The quantitative estimate of drug-likeness (QED) is 0.0320. The highest BCUT2D eigenvalue weighted by Crippen LogP contribution is 2.19. The van der Waals surface area contributed by atoms with Crippen LogP contribution in [0, 0.1) is 0 Å². The molecular weight excluding hydrogens is 971 g/mol. The van der Waals surface area contributed by atoms with Crippen LogP contribution >= 0.6 is 0 Å². The summed E-state index contributed by atoms with van der Waals surface area (Å²) in [5.74, 6) is -0.0196. The minimum Gasteiger partial charge on any atom is -0.466 e. The fraction of sp³-hybridized carbons (Fsp3) is 0.918. The van der Waals surface area contributed by atoms with Gasteiger partial charge in [-0.15, -0.1) is 0 Å². The highest BCUT2D eigenvalue weighted by atomic mass is 16.5. The van der Waals surface area contributed by atoms with E-state index < -0.39 is 12.1 Å². The zero-order chi connectivity index (χ0) is 57.1. The first-order valence-corrected chi connectivity index (χ1v) is 36.1. The van der Waals surface area contributed by atoms with Gasteiger partial charge in [0.15, 0.2) is 0 Å². The zero-order valence-electron chi connectivity index (χ0n) is 53.6. The second-order valence-electron chi connectivity index (χ2n) is 24.9. The highest BCUT2D eigenvalue weighted by molar-refractivity contribution is 5.76. The van der Waals surface area contributed by atoms with Crippen LogP contribution in [0.25, 0.3) is 0 Å². The van der Waals surface area contributed by atoms with Gasteiger partial charge in [-0.2, -0.15) is 0 Å². The van der Waals surface area contributed by atoms with Crippen LogP contribution in [0.3, 0.4) is 0 Å². The molecule has 0 fully saturated rings. The van der Waals surface area contributed by atoms with Crippen LogP contribution in [0.2, 0.25) is 0 Å². The fourth-order valence-electron chi connectivity index (χ4n) is 11.5. The van der Waals surface area contributed by atoms with Crippen molar-refractivity contribution in [3.63, 3.8) is 0 Å². The molecule has 6 nitrogen and oxygen atoms in total. The van der Waals surface area contributed by atoms with Crippen LogP contribution in [0.1, 0.15) is 406 Å². The van der Waals surface area contributed by atoms with Crippen molar-refractivity contribution in [3.8, 4) is 0 Å². The molecule has 0 aliphatic rings. The van der Waals surface area contributed by atoms with E-state index in [0.29, 0.717) is 25.9 Å². The Balaban J connectivity index is 3.31. The lowest BCUT2D eigenvalue weighted by molar-refractivity contribution is -0.143. The highest BCUT2D eigenvalue weighted by Gasteiger charge is 2.20. The molecule has 2 unspecified atom stereocenters. The number of carbonyl (C=O) groups excluding carboxylic acids is 2. The van der Waals surface area contributed by atoms with E-state index in [4.69, 9.17) is 4.74 Å². The molecule has 0 bridgehead atoms. The van der Waals surface area contributed by atoms with Gasteiger partial charge in [-0.25, -0.2) is 0 Å². The maximum atomic E-state index is 12.5. The number of nitrogens with one attached hydrogen (secondary N) is 1. The Kier molecular flexibility index (Phi) is 67.4. The number of ether oxygens (including phenoxy) is 1. The predicted molar refractivity (Wildman–Crippen MR) is 347 cm³/mol. The molecule has 0 rings (SSSR count). The molecule has 0 saturated heterocycles. The molecule has 0 aliphatic carbocycles. The number of aliphatic hydroxyl groups is 2. The smallest absolute Gasteiger partial charge is 0.305 e. The van der Waals surface area contributed by atoms with Crippen LogP contribution in [-0.4, -0.2) is 47.4 Å². The van der Waals surface area contributed by atoms with Gasteiger partial charge in [-0.05, 0) is 57.8 Å². The number of amides is 1. The number of carbonyl (C=O) groups is 2. The van der Waals surface area contributed by atoms with Crippen LogP contribution in [0.4, 0.5) is 0 Å². The summed E-state index contributed by atoms with van der Waals surface area (Å²) in [5, 5.41) is 23.3. The Morgan fingerprint density at radius 3 is 0.987 bits per heavy atom. The standard InChI is InChI=1S/C73H141NO5/c1-3-5-7-9-11-13-15-17-37-41-45-49-53-57-61-65-71(76)70(69-75)74-72(77)66-62-58-54-50-46-42-39-35-33-31-29-27-25-23-21-19-20-22-24-26-28-30-32-34-36-40-44-48-52-56-60-64-68-79-73(78)67-63-59-55-51-47-43-38-18-16-14-12-10-8-6-4-2/h12,14,18,38,70-71,75-76H,3-11,13,15-17,19-37,39-69H2,1-2H3,(H,74,77)/b14-12-,38-18-. The van der Waals surface area contributed by atoms with Crippen molar-refractivity contribution < 1.29 is 24.5 Å². The molecule has 0 aromatic carbocycles. The van der Waals surface area contributed by atoms with Gasteiger partial charge in [0.2, 0.25) is 5.91 Å². The van der Waals surface area contributed by atoms with Gasteiger partial charge in [0.25, 0.3) is 0 Å². The molecule has 0 aromatic heterocycles. The number of allylic oxidation sites excluding steroid dienone is 4. The maximum Gasteiger partial charge on any atom is 0.305 e. The number of hydrogen-bond acceptors (Lipinski definition) is 5. The topological polar surface area (TPSA) is 95.9 Å². The van der Waals surface area contributed by atoms with E-state index in [1.807, 2.05) is 0 Å². The lowest BCUT2D eigenvalue weighted by Crippen LogP contribution is -2.45. The third kappa shape index (κ3) is 65.4. The molecular formula is C73H141NO5. The molecule has 3 N–H and O–H groups in total. The number of unbranched alkanes of at least 4 members (excludes halogenated alkanes) is 53. The summed E-state index contributed by atoms with van der Waals surface area (Å²) in [6, 6.07) is -0.537. The third-order valence-corrected chi connectivity index (χ3v) is 17.0. The van der Waals surface area contributed by atoms with Crippen molar-refractivity contribution in [1.82, 2.24) is 5.32 Å². The van der Waals surface area contributed by atoms with Crippen molar-refractivity contribution in [2.75, 3.05) is 13.2 Å². The van der Waals surface area contributed by atoms with Gasteiger partial charge in [-0.1, -0.05) is 359 Å². The number of rotatable bonds is 68.